The number of pyridine rings is 1. The third kappa shape index (κ3) is 5.44. The van der Waals surface area contributed by atoms with Crippen LogP contribution in [-0.4, -0.2) is 17.8 Å². The zero-order chi connectivity index (χ0) is 10.6. The molecule has 0 aromatic carbocycles. The van der Waals surface area contributed by atoms with Gasteiger partial charge in [-0.25, -0.2) is 4.98 Å². The molecule has 0 unspecified atom stereocenters. The predicted octanol–water partition coefficient (Wildman–Crippen LogP) is 1.90. The van der Waals surface area contributed by atoms with Crippen LogP contribution in [0.15, 0.2) is 18.2 Å². The number of halogens is 4. The van der Waals surface area contributed by atoms with Crippen LogP contribution in [-0.2, 0) is 6.54 Å². The van der Waals surface area contributed by atoms with Crippen LogP contribution in [0.3, 0.4) is 0 Å². The fourth-order valence-corrected chi connectivity index (χ4v) is 0.807. The van der Waals surface area contributed by atoms with Gasteiger partial charge in [0.25, 0.3) is 0 Å². The average molecular weight is 243 g/mol. The number of hydrogen-bond acceptors (Lipinski definition) is 3. The van der Waals surface area contributed by atoms with Crippen molar-refractivity contribution >= 4 is 12.4 Å². The molecular weight excluding hydrogens is 233 g/mol. The fourth-order valence-electron chi connectivity index (χ4n) is 0.807. The van der Waals surface area contributed by atoms with Gasteiger partial charge < -0.3 is 10.5 Å². The molecule has 1 aromatic rings. The van der Waals surface area contributed by atoms with E-state index in [1.165, 1.54) is 6.07 Å². The van der Waals surface area contributed by atoms with Crippen molar-refractivity contribution in [2.45, 2.75) is 12.7 Å². The molecule has 0 fully saturated rings. The number of nitrogens with two attached hydrogens (primary N) is 1. The van der Waals surface area contributed by atoms with E-state index in [1.54, 1.807) is 12.1 Å². The SMILES string of the molecule is Cl.NCc1cccc(OCC(F)(F)F)n1. The van der Waals surface area contributed by atoms with Crippen molar-refractivity contribution in [3.05, 3.63) is 23.9 Å². The molecule has 0 radical (unpaired) electrons. The molecule has 1 rings (SSSR count). The van der Waals surface area contributed by atoms with Crippen LogP contribution >= 0.6 is 12.4 Å². The first-order valence-corrected chi connectivity index (χ1v) is 3.87. The van der Waals surface area contributed by atoms with E-state index in [-0.39, 0.29) is 24.8 Å². The zero-order valence-corrected chi connectivity index (χ0v) is 8.44. The molecular formula is C8H10ClF3N2O. The highest BCUT2D eigenvalue weighted by Gasteiger charge is 2.28. The van der Waals surface area contributed by atoms with Gasteiger partial charge in [-0.15, -0.1) is 12.4 Å². The Kier molecular flexibility index (Phi) is 5.38. The van der Waals surface area contributed by atoms with Crippen molar-refractivity contribution in [3.63, 3.8) is 0 Å². The molecule has 0 spiro atoms. The summed E-state index contributed by atoms with van der Waals surface area (Å²) < 4.78 is 39.7. The minimum Gasteiger partial charge on any atom is -0.468 e. The minimum absolute atomic E-state index is 0. The van der Waals surface area contributed by atoms with Crippen molar-refractivity contribution in [1.82, 2.24) is 4.98 Å². The van der Waals surface area contributed by atoms with Crippen molar-refractivity contribution in [3.8, 4) is 5.88 Å². The van der Waals surface area contributed by atoms with E-state index < -0.39 is 12.8 Å². The third-order valence-corrected chi connectivity index (χ3v) is 1.37. The van der Waals surface area contributed by atoms with E-state index in [9.17, 15) is 13.2 Å². The first-order chi connectivity index (χ1) is 6.51. The Morgan fingerprint density at radius 3 is 2.53 bits per heavy atom. The topological polar surface area (TPSA) is 48.1 Å². The van der Waals surface area contributed by atoms with E-state index >= 15 is 0 Å². The van der Waals surface area contributed by atoms with Gasteiger partial charge >= 0.3 is 6.18 Å². The van der Waals surface area contributed by atoms with Crippen LogP contribution in [0.1, 0.15) is 5.69 Å². The summed E-state index contributed by atoms with van der Waals surface area (Å²) in [5.41, 5.74) is 5.75. The fraction of sp³-hybridized carbons (Fsp3) is 0.375. The van der Waals surface area contributed by atoms with Crippen molar-refractivity contribution in [1.29, 1.82) is 0 Å². The highest BCUT2D eigenvalue weighted by molar-refractivity contribution is 5.85. The first-order valence-electron chi connectivity index (χ1n) is 3.87. The molecule has 0 aliphatic rings. The smallest absolute Gasteiger partial charge is 0.422 e. The summed E-state index contributed by atoms with van der Waals surface area (Å²) in [6.07, 6.45) is -4.35. The second-order valence-electron chi connectivity index (χ2n) is 2.58. The Labute approximate surface area is 90.8 Å². The van der Waals surface area contributed by atoms with E-state index in [4.69, 9.17) is 5.73 Å². The predicted molar refractivity (Wildman–Crippen MR) is 50.9 cm³/mol. The summed E-state index contributed by atoms with van der Waals surface area (Å²) in [6.45, 7) is -1.17. The summed E-state index contributed by atoms with van der Waals surface area (Å²) in [4.78, 5) is 3.75. The molecule has 0 bridgehead atoms. The molecule has 0 amide bonds. The maximum Gasteiger partial charge on any atom is 0.422 e. The Hall–Kier alpha value is -1.01. The summed E-state index contributed by atoms with van der Waals surface area (Å²) in [5.74, 6) is -0.0646. The van der Waals surface area contributed by atoms with Crippen molar-refractivity contribution < 1.29 is 17.9 Å². The molecule has 0 atom stereocenters. The van der Waals surface area contributed by atoms with Crippen LogP contribution in [0.2, 0.25) is 0 Å². The minimum atomic E-state index is -4.35. The Bertz CT molecular complexity index is 306. The molecule has 0 aliphatic heterocycles. The number of alkyl halides is 3. The largest absolute Gasteiger partial charge is 0.468 e. The summed E-state index contributed by atoms with van der Waals surface area (Å²) >= 11 is 0. The molecule has 7 heteroatoms. The second kappa shape index (κ2) is 5.77. The molecule has 1 heterocycles. The van der Waals surface area contributed by atoms with Gasteiger partial charge in [-0.05, 0) is 6.07 Å². The molecule has 0 aliphatic carbocycles. The number of hydrogen-bond donors (Lipinski definition) is 1. The quantitative estimate of drug-likeness (QED) is 0.881. The van der Waals surface area contributed by atoms with E-state index in [2.05, 4.69) is 9.72 Å². The first kappa shape index (κ1) is 14.0. The van der Waals surface area contributed by atoms with Gasteiger partial charge in [0.05, 0.1) is 5.69 Å². The number of ether oxygens (including phenoxy) is 1. The van der Waals surface area contributed by atoms with Gasteiger partial charge in [-0.3, -0.25) is 0 Å². The molecule has 0 saturated heterocycles. The molecule has 3 nitrogen and oxygen atoms in total. The zero-order valence-electron chi connectivity index (χ0n) is 7.62. The lowest BCUT2D eigenvalue weighted by atomic mass is 10.3. The summed E-state index contributed by atoms with van der Waals surface area (Å²) in [5, 5.41) is 0. The average Bonchev–Trinajstić information content (AvgIpc) is 2.14. The van der Waals surface area contributed by atoms with Gasteiger partial charge in [-0.1, -0.05) is 6.07 Å². The van der Waals surface area contributed by atoms with Crippen LogP contribution in [0, 0.1) is 0 Å². The maximum atomic E-state index is 11.7. The lowest BCUT2D eigenvalue weighted by Crippen LogP contribution is -2.19. The third-order valence-electron chi connectivity index (χ3n) is 1.37. The number of rotatable bonds is 3. The van der Waals surface area contributed by atoms with E-state index in [0.29, 0.717) is 5.69 Å². The van der Waals surface area contributed by atoms with Gasteiger partial charge in [0.1, 0.15) is 0 Å². The van der Waals surface area contributed by atoms with Gasteiger partial charge in [-0.2, -0.15) is 13.2 Å². The summed E-state index contributed by atoms with van der Waals surface area (Å²) in [7, 11) is 0. The highest BCUT2D eigenvalue weighted by Crippen LogP contribution is 2.16. The Morgan fingerprint density at radius 2 is 2.00 bits per heavy atom. The molecule has 2 N–H and O–H groups in total. The Balaban J connectivity index is 0.00000196. The van der Waals surface area contributed by atoms with Crippen LogP contribution < -0.4 is 10.5 Å². The monoisotopic (exact) mass is 242 g/mol. The number of nitrogens with zero attached hydrogens (tertiary/aromatic N) is 1. The van der Waals surface area contributed by atoms with Crippen LogP contribution in [0.5, 0.6) is 5.88 Å². The maximum absolute atomic E-state index is 11.7. The second-order valence-corrected chi connectivity index (χ2v) is 2.58. The molecule has 0 saturated carbocycles. The van der Waals surface area contributed by atoms with Crippen molar-refractivity contribution in [2.24, 2.45) is 5.73 Å². The normalized spacial score (nSPS) is 10.7. The molecule has 86 valence electrons. The molecule has 1 aromatic heterocycles. The van der Waals surface area contributed by atoms with Gasteiger partial charge in [0, 0.05) is 12.6 Å². The number of aromatic nitrogens is 1. The molecule has 15 heavy (non-hydrogen) atoms. The Morgan fingerprint density at radius 1 is 1.33 bits per heavy atom. The lowest BCUT2D eigenvalue weighted by Gasteiger charge is -2.08. The van der Waals surface area contributed by atoms with Gasteiger partial charge in [0.2, 0.25) is 5.88 Å². The van der Waals surface area contributed by atoms with E-state index in [0.717, 1.165) is 0 Å². The summed E-state index contributed by atoms with van der Waals surface area (Å²) in [6, 6.07) is 4.51. The lowest BCUT2D eigenvalue weighted by molar-refractivity contribution is -0.154. The van der Waals surface area contributed by atoms with Crippen LogP contribution in [0.25, 0.3) is 0 Å². The van der Waals surface area contributed by atoms with Crippen molar-refractivity contribution in [2.75, 3.05) is 6.61 Å². The standard InChI is InChI=1S/C8H9F3N2O.ClH/c9-8(10,11)5-14-7-3-1-2-6(4-12)13-7;/h1-3H,4-5,12H2;1H. The highest BCUT2D eigenvalue weighted by atomic mass is 35.5. The van der Waals surface area contributed by atoms with Crippen LogP contribution in [0.4, 0.5) is 13.2 Å². The van der Waals surface area contributed by atoms with Gasteiger partial charge in [0.15, 0.2) is 6.61 Å². The van der Waals surface area contributed by atoms with E-state index in [1.807, 2.05) is 0 Å².